The lowest BCUT2D eigenvalue weighted by Crippen LogP contribution is -2.14. The number of hydrogen-bond acceptors (Lipinski definition) is 3. The average Bonchev–Trinajstić information content (AvgIpc) is 2.28. The fourth-order valence-electron chi connectivity index (χ4n) is 1.38. The third-order valence-corrected chi connectivity index (χ3v) is 2.83. The van der Waals surface area contributed by atoms with E-state index >= 15 is 0 Å². The zero-order valence-corrected chi connectivity index (χ0v) is 12.4. The van der Waals surface area contributed by atoms with Crippen molar-refractivity contribution in [3.8, 4) is 5.88 Å². The van der Waals surface area contributed by atoms with Crippen molar-refractivity contribution in [2.45, 2.75) is 33.7 Å². The van der Waals surface area contributed by atoms with Crippen molar-refractivity contribution in [3.63, 3.8) is 0 Å². The van der Waals surface area contributed by atoms with E-state index in [1.54, 1.807) is 6.20 Å². The first-order chi connectivity index (χ1) is 8.13. The van der Waals surface area contributed by atoms with Gasteiger partial charge in [-0.1, -0.05) is 20.8 Å². The van der Waals surface area contributed by atoms with Crippen LogP contribution in [0.15, 0.2) is 16.7 Å². The summed E-state index contributed by atoms with van der Waals surface area (Å²) in [5.74, 6) is 1.40. The maximum absolute atomic E-state index is 5.73. The number of ether oxygens (including phenoxy) is 1. The Bertz CT molecular complexity index is 342. The lowest BCUT2D eigenvalue weighted by molar-refractivity contribution is 0.276. The van der Waals surface area contributed by atoms with Gasteiger partial charge in [0.1, 0.15) is 0 Å². The molecule has 0 saturated carbocycles. The highest BCUT2D eigenvalue weighted by molar-refractivity contribution is 9.10. The molecule has 0 atom stereocenters. The second-order valence-electron chi connectivity index (χ2n) is 4.43. The highest BCUT2D eigenvalue weighted by atomic mass is 79.9. The predicted octanol–water partition coefficient (Wildman–Crippen LogP) is 3.38. The molecule has 0 aliphatic rings. The van der Waals surface area contributed by atoms with Gasteiger partial charge in [0.25, 0.3) is 0 Å². The minimum Gasteiger partial charge on any atom is -0.477 e. The minimum atomic E-state index is 0.655. The van der Waals surface area contributed by atoms with E-state index in [0.717, 1.165) is 42.0 Å². The molecule has 17 heavy (non-hydrogen) atoms. The minimum absolute atomic E-state index is 0.655. The quantitative estimate of drug-likeness (QED) is 0.838. The van der Waals surface area contributed by atoms with Crippen LogP contribution in [-0.4, -0.2) is 18.1 Å². The van der Waals surface area contributed by atoms with E-state index < -0.39 is 0 Å². The largest absolute Gasteiger partial charge is 0.477 e. The zero-order valence-electron chi connectivity index (χ0n) is 10.8. The third kappa shape index (κ3) is 5.50. The molecule has 4 heteroatoms. The molecule has 0 saturated heterocycles. The number of aromatic nitrogens is 1. The van der Waals surface area contributed by atoms with Crippen LogP contribution in [0.25, 0.3) is 0 Å². The molecule has 1 aromatic rings. The van der Waals surface area contributed by atoms with E-state index in [0.29, 0.717) is 5.92 Å². The van der Waals surface area contributed by atoms with Crippen LogP contribution in [0.5, 0.6) is 5.88 Å². The van der Waals surface area contributed by atoms with E-state index in [1.165, 1.54) is 0 Å². The predicted molar refractivity (Wildman–Crippen MR) is 74.3 cm³/mol. The summed E-state index contributed by atoms with van der Waals surface area (Å²) in [4.78, 5) is 4.32. The number of pyridine rings is 1. The average molecular weight is 301 g/mol. The Hall–Kier alpha value is -0.610. The zero-order chi connectivity index (χ0) is 12.7. The van der Waals surface area contributed by atoms with Crippen LogP contribution in [0.3, 0.4) is 0 Å². The van der Waals surface area contributed by atoms with Crippen molar-refractivity contribution < 1.29 is 4.74 Å². The van der Waals surface area contributed by atoms with Crippen LogP contribution >= 0.6 is 15.9 Å². The maximum Gasteiger partial charge on any atom is 0.217 e. The van der Waals surface area contributed by atoms with Crippen LogP contribution in [0.2, 0.25) is 0 Å². The Morgan fingerprint density at radius 3 is 2.88 bits per heavy atom. The normalized spacial score (nSPS) is 10.9. The van der Waals surface area contributed by atoms with Crippen molar-refractivity contribution in [1.82, 2.24) is 10.3 Å². The molecule has 0 radical (unpaired) electrons. The second kappa shape index (κ2) is 7.67. The van der Waals surface area contributed by atoms with Crippen molar-refractivity contribution in [2.75, 3.05) is 13.2 Å². The summed E-state index contributed by atoms with van der Waals surface area (Å²) in [5.41, 5.74) is 1.10. The molecule has 96 valence electrons. The molecule has 3 nitrogen and oxygen atoms in total. The number of nitrogens with one attached hydrogen (secondary N) is 1. The SMILES string of the molecule is CCNCc1cc(Br)cnc1OCCC(C)C. The van der Waals surface area contributed by atoms with Crippen molar-refractivity contribution in [1.29, 1.82) is 0 Å². The highest BCUT2D eigenvalue weighted by Crippen LogP contribution is 2.20. The molecule has 1 heterocycles. The first-order valence-electron chi connectivity index (χ1n) is 6.11. The lowest BCUT2D eigenvalue weighted by Gasteiger charge is -2.12. The Morgan fingerprint density at radius 1 is 1.47 bits per heavy atom. The summed E-state index contributed by atoms with van der Waals surface area (Å²) in [5, 5.41) is 3.29. The molecule has 0 unspecified atom stereocenters. The molecule has 0 fully saturated rings. The number of nitrogens with zero attached hydrogens (tertiary/aromatic N) is 1. The summed E-state index contributed by atoms with van der Waals surface area (Å²) < 4.78 is 6.72. The molecule has 0 spiro atoms. The van der Waals surface area contributed by atoms with E-state index in [4.69, 9.17) is 4.74 Å². The van der Waals surface area contributed by atoms with Gasteiger partial charge in [-0.15, -0.1) is 0 Å². The van der Waals surface area contributed by atoms with Gasteiger partial charge in [-0.2, -0.15) is 0 Å². The third-order valence-electron chi connectivity index (χ3n) is 2.39. The first kappa shape index (κ1) is 14.5. The summed E-state index contributed by atoms with van der Waals surface area (Å²) in [7, 11) is 0. The second-order valence-corrected chi connectivity index (χ2v) is 5.34. The molecule has 0 aromatic carbocycles. The van der Waals surface area contributed by atoms with Gasteiger partial charge in [-0.25, -0.2) is 4.98 Å². The Kier molecular flexibility index (Phi) is 6.52. The van der Waals surface area contributed by atoms with Gasteiger partial charge in [0.05, 0.1) is 6.61 Å². The van der Waals surface area contributed by atoms with Crippen LogP contribution in [0.4, 0.5) is 0 Å². The van der Waals surface area contributed by atoms with E-state index in [2.05, 4.69) is 53.1 Å². The Balaban J connectivity index is 2.62. The molecule has 1 aromatic heterocycles. The molecule has 0 bridgehead atoms. The fraction of sp³-hybridized carbons (Fsp3) is 0.615. The van der Waals surface area contributed by atoms with Gasteiger partial charge < -0.3 is 10.1 Å². The molecular weight excluding hydrogens is 280 g/mol. The van der Waals surface area contributed by atoms with Gasteiger partial charge in [0, 0.05) is 22.8 Å². The van der Waals surface area contributed by atoms with Gasteiger partial charge in [-0.05, 0) is 40.9 Å². The van der Waals surface area contributed by atoms with E-state index in [9.17, 15) is 0 Å². The van der Waals surface area contributed by atoms with Crippen LogP contribution < -0.4 is 10.1 Å². The monoisotopic (exact) mass is 300 g/mol. The summed E-state index contributed by atoms with van der Waals surface area (Å²) in [6.07, 6.45) is 2.83. The Labute approximate surface area is 112 Å². The van der Waals surface area contributed by atoms with Crippen LogP contribution in [0, 0.1) is 5.92 Å². The summed E-state index contributed by atoms with van der Waals surface area (Å²) in [6.45, 7) is 8.93. The molecule has 1 N–H and O–H groups in total. The molecule has 0 amide bonds. The van der Waals surface area contributed by atoms with Gasteiger partial charge in [0.2, 0.25) is 5.88 Å². The molecule has 1 rings (SSSR count). The van der Waals surface area contributed by atoms with Crippen LogP contribution in [-0.2, 0) is 6.54 Å². The fourth-order valence-corrected chi connectivity index (χ4v) is 1.75. The van der Waals surface area contributed by atoms with Gasteiger partial charge in [-0.3, -0.25) is 0 Å². The van der Waals surface area contributed by atoms with Gasteiger partial charge >= 0.3 is 0 Å². The van der Waals surface area contributed by atoms with Crippen molar-refractivity contribution in [2.24, 2.45) is 5.92 Å². The van der Waals surface area contributed by atoms with E-state index in [-0.39, 0.29) is 0 Å². The van der Waals surface area contributed by atoms with Crippen molar-refractivity contribution in [3.05, 3.63) is 22.3 Å². The number of rotatable bonds is 7. The first-order valence-corrected chi connectivity index (χ1v) is 6.90. The smallest absolute Gasteiger partial charge is 0.217 e. The Morgan fingerprint density at radius 2 is 2.24 bits per heavy atom. The molecule has 0 aliphatic carbocycles. The number of hydrogen-bond donors (Lipinski definition) is 1. The summed E-state index contributed by atoms with van der Waals surface area (Å²) in [6, 6.07) is 2.06. The lowest BCUT2D eigenvalue weighted by atomic mass is 10.1. The molecular formula is C13H21BrN2O. The molecule has 0 aliphatic heterocycles. The topological polar surface area (TPSA) is 34.2 Å². The van der Waals surface area contributed by atoms with Crippen molar-refractivity contribution >= 4 is 15.9 Å². The van der Waals surface area contributed by atoms with Crippen LogP contribution in [0.1, 0.15) is 32.8 Å². The van der Waals surface area contributed by atoms with E-state index in [1.807, 2.05) is 0 Å². The number of halogens is 1. The maximum atomic E-state index is 5.73. The highest BCUT2D eigenvalue weighted by Gasteiger charge is 2.06. The summed E-state index contributed by atoms with van der Waals surface area (Å²) >= 11 is 3.43. The van der Waals surface area contributed by atoms with Gasteiger partial charge in [0.15, 0.2) is 0 Å². The standard InChI is InChI=1S/C13H21BrN2O/c1-4-15-8-11-7-12(14)9-16-13(11)17-6-5-10(2)3/h7,9-10,15H,4-6,8H2,1-3H3.